The van der Waals surface area contributed by atoms with Gasteiger partial charge in [-0.25, -0.2) is 0 Å². The van der Waals surface area contributed by atoms with Crippen LogP contribution in [0.15, 0.2) is 6.20 Å². The molecule has 0 aromatic carbocycles. The second-order valence-corrected chi connectivity index (χ2v) is 5.27. The van der Waals surface area contributed by atoms with E-state index in [1.54, 1.807) is 6.20 Å². The Morgan fingerprint density at radius 2 is 2.05 bits per heavy atom. The Morgan fingerprint density at radius 1 is 1.26 bits per heavy atom. The smallest absolute Gasteiger partial charge is 0.244 e. The van der Waals surface area contributed by atoms with Crippen molar-refractivity contribution in [3.8, 4) is 0 Å². The second-order valence-electron chi connectivity index (χ2n) is 5.27. The van der Waals surface area contributed by atoms with Crippen LogP contribution >= 0.6 is 0 Å². The molecule has 1 N–H and O–H groups in total. The Kier molecular flexibility index (Phi) is 5.32. The third-order valence-electron chi connectivity index (χ3n) is 3.29. The molecule has 1 fully saturated rings. The molecule has 0 aliphatic carbocycles. The van der Waals surface area contributed by atoms with Crippen LogP contribution in [0.25, 0.3) is 0 Å². The number of anilines is 2. The summed E-state index contributed by atoms with van der Waals surface area (Å²) in [6, 6.07) is 0. The lowest BCUT2D eigenvalue weighted by atomic mass is 10.1. The number of hydrogen-bond donors (Lipinski definition) is 1. The zero-order valence-electron chi connectivity index (χ0n) is 12.0. The van der Waals surface area contributed by atoms with E-state index in [4.69, 9.17) is 0 Å². The first-order chi connectivity index (χ1) is 9.25. The highest BCUT2D eigenvalue weighted by Gasteiger charge is 2.13. The lowest BCUT2D eigenvalue weighted by molar-refractivity contribution is 0.405. The molecular weight excluding hydrogens is 240 g/mol. The van der Waals surface area contributed by atoms with E-state index in [1.165, 1.54) is 19.3 Å². The van der Waals surface area contributed by atoms with Crippen LogP contribution in [-0.2, 0) is 0 Å². The van der Waals surface area contributed by atoms with Crippen molar-refractivity contribution in [1.29, 1.82) is 0 Å². The Bertz CT molecular complexity index is 375. The third-order valence-corrected chi connectivity index (χ3v) is 3.29. The number of nitrogens with one attached hydrogen (secondary N) is 1. The fraction of sp³-hybridized carbons (Fsp3) is 0.769. The van der Waals surface area contributed by atoms with Crippen molar-refractivity contribution >= 4 is 11.8 Å². The molecule has 106 valence electrons. The van der Waals surface area contributed by atoms with Crippen molar-refractivity contribution in [2.24, 2.45) is 0 Å². The molecule has 1 aromatic heterocycles. The summed E-state index contributed by atoms with van der Waals surface area (Å²) in [6.07, 6.45) is 6.65. The molecule has 0 radical (unpaired) electrons. The van der Waals surface area contributed by atoms with E-state index in [0.717, 1.165) is 38.4 Å². The third kappa shape index (κ3) is 4.63. The average Bonchev–Trinajstić information content (AvgIpc) is 2.45. The molecule has 1 aliphatic rings. The van der Waals surface area contributed by atoms with Crippen molar-refractivity contribution in [3.05, 3.63) is 6.20 Å². The predicted molar refractivity (Wildman–Crippen MR) is 77.6 cm³/mol. The largest absolute Gasteiger partial charge is 0.355 e. The fourth-order valence-corrected chi connectivity index (χ4v) is 2.24. The number of aromatic nitrogens is 3. The second kappa shape index (κ2) is 7.23. The summed E-state index contributed by atoms with van der Waals surface area (Å²) >= 11 is 0. The Balaban J connectivity index is 1.84. The SMILES string of the molecule is CN(C)CCCNc1nncc(N2CCCCC2)n1. The molecule has 6 nitrogen and oxygen atoms in total. The summed E-state index contributed by atoms with van der Waals surface area (Å²) < 4.78 is 0. The summed E-state index contributed by atoms with van der Waals surface area (Å²) in [5, 5.41) is 11.3. The standard InChI is InChI=1S/C13H24N6/c1-18(2)8-6-7-14-13-16-12(11-15-17-13)19-9-4-3-5-10-19/h11H,3-10H2,1-2H3,(H,14,16,17). The van der Waals surface area contributed by atoms with E-state index >= 15 is 0 Å². The van der Waals surface area contributed by atoms with Gasteiger partial charge in [0.2, 0.25) is 5.95 Å². The van der Waals surface area contributed by atoms with Gasteiger partial charge < -0.3 is 15.1 Å². The molecule has 6 heteroatoms. The molecule has 2 rings (SSSR count). The molecule has 0 atom stereocenters. The van der Waals surface area contributed by atoms with Gasteiger partial charge in [-0.05, 0) is 46.3 Å². The average molecular weight is 264 g/mol. The first-order valence-electron chi connectivity index (χ1n) is 7.09. The van der Waals surface area contributed by atoms with Crippen LogP contribution in [-0.4, -0.2) is 60.4 Å². The minimum absolute atomic E-state index is 0.641. The highest BCUT2D eigenvalue weighted by atomic mass is 15.3. The van der Waals surface area contributed by atoms with Crippen LogP contribution in [0, 0.1) is 0 Å². The lowest BCUT2D eigenvalue weighted by Gasteiger charge is -2.27. The highest BCUT2D eigenvalue weighted by Crippen LogP contribution is 2.16. The van der Waals surface area contributed by atoms with Gasteiger partial charge in [0.1, 0.15) is 0 Å². The van der Waals surface area contributed by atoms with Crippen LogP contribution in [0.3, 0.4) is 0 Å². The number of nitrogens with zero attached hydrogens (tertiary/aromatic N) is 5. The molecule has 0 amide bonds. The van der Waals surface area contributed by atoms with Gasteiger partial charge in [0.05, 0.1) is 6.20 Å². The van der Waals surface area contributed by atoms with Crippen molar-refractivity contribution in [3.63, 3.8) is 0 Å². The van der Waals surface area contributed by atoms with Gasteiger partial charge in [-0.2, -0.15) is 10.1 Å². The maximum absolute atomic E-state index is 4.54. The Morgan fingerprint density at radius 3 is 2.79 bits per heavy atom. The van der Waals surface area contributed by atoms with E-state index < -0.39 is 0 Å². The van der Waals surface area contributed by atoms with E-state index in [0.29, 0.717) is 5.95 Å². The zero-order valence-corrected chi connectivity index (χ0v) is 12.0. The quantitative estimate of drug-likeness (QED) is 0.780. The van der Waals surface area contributed by atoms with Crippen molar-refractivity contribution in [2.45, 2.75) is 25.7 Å². The maximum atomic E-state index is 4.54. The summed E-state index contributed by atoms with van der Waals surface area (Å²) in [4.78, 5) is 9.01. The van der Waals surface area contributed by atoms with Crippen LogP contribution < -0.4 is 10.2 Å². The summed E-state index contributed by atoms with van der Waals surface area (Å²) in [6.45, 7) is 4.10. The fourth-order valence-electron chi connectivity index (χ4n) is 2.24. The van der Waals surface area contributed by atoms with Gasteiger partial charge in [-0.15, -0.1) is 5.10 Å². The molecule has 1 aliphatic heterocycles. The lowest BCUT2D eigenvalue weighted by Crippen LogP contribution is -2.30. The van der Waals surface area contributed by atoms with E-state index in [1.807, 2.05) is 0 Å². The van der Waals surface area contributed by atoms with E-state index in [2.05, 4.69) is 44.4 Å². The minimum Gasteiger partial charge on any atom is -0.355 e. The number of piperidine rings is 1. The number of hydrogen-bond acceptors (Lipinski definition) is 6. The minimum atomic E-state index is 0.641. The molecular formula is C13H24N6. The molecule has 19 heavy (non-hydrogen) atoms. The zero-order chi connectivity index (χ0) is 13.5. The van der Waals surface area contributed by atoms with Gasteiger partial charge in [0, 0.05) is 19.6 Å². The summed E-state index contributed by atoms with van der Waals surface area (Å²) in [5.41, 5.74) is 0. The monoisotopic (exact) mass is 264 g/mol. The van der Waals surface area contributed by atoms with Crippen molar-refractivity contribution < 1.29 is 0 Å². The normalized spacial score (nSPS) is 15.8. The molecule has 0 bridgehead atoms. The predicted octanol–water partition coefficient (Wildman–Crippen LogP) is 1.23. The van der Waals surface area contributed by atoms with Gasteiger partial charge in [0.25, 0.3) is 0 Å². The summed E-state index contributed by atoms with van der Waals surface area (Å²) in [5.74, 6) is 1.59. The number of rotatable bonds is 6. The van der Waals surface area contributed by atoms with Crippen molar-refractivity contribution in [1.82, 2.24) is 20.1 Å². The molecule has 1 saturated heterocycles. The van der Waals surface area contributed by atoms with Gasteiger partial charge in [-0.1, -0.05) is 0 Å². The first kappa shape index (κ1) is 14.0. The molecule has 1 aromatic rings. The van der Waals surface area contributed by atoms with Gasteiger partial charge >= 0.3 is 0 Å². The molecule has 2 heterocycles. The Hall–Kier alpha value is -1.43. The van der Waals surface area contributed by atoms with E-state index in [9.17, 15) is 0 Å². The van der Waals surface area contributed by atoms with Crippen LogP contribution in [0.5, 0.6) is 0 Å². The Labute approximate surface area is 115 Å². The van der Waals surface area contributed by atoms with Crippen LogP contribution in [0.4, 0.5) is 11.8 Å². The first-order valence-corrected chi connectivity index (χ1v) is 7.09. The maximum Gasteiger partial charge on any atom is 0.244 e. The summed E-state index contributed by atoms with van der Waals surface area (Å²) in [7, 11) is 4.16. The van der Waals surface area contributed by atoms with Gasteiger partial charge in [0.15, 0.2) is 5.82 Å². The van der Waals surface area contributed by atoms with Crippen molar-refractivity contribution in [2.75, 3.05) is 50.5 Å². The van der Waals surface area contributed by atoms with Gasteiger partial charge in [-0.3, -0.25) is 0 Å². The topological polar surface area (TPSA) is 57.2 Å². The van der Waals surface area contributed by atoms with Crippen LogP contribution in [0.2, 0.25) is 0 Å². The highest BCUT2D eigenvalue weighted by molar-refractivity contribution is 5.40. The molecule has 0 unspecified atom stereocenters. The molecule has 0 spiro atoms. The van der Waals surface area contributed by atoms with Crippen LogP contribution in [0.1, 0.15) is 25.7 Å². The molecule has 0 saturated carbocycles. The van der Waals surface area contributed by atoms with E-state index in [-0.39, 0.29) is 0 Å².